The highest BCUT2D eigenvalue weighted by molar-refractivity contribution is 5.91. The van der Waals surface area contributed by atoms with E-state index in [4.69, 9.17) is 10.5 Å². The van der Waals surface area contributed by atoms with Gasteiger partial charge in [0.1, 0.15) is 11.2 Å². The molecule has 0 aliphatic carbocycles. The summed E-state index contributed by atoms with van der Waals surface area (Å²) in [6, 6.07) is 1.65. The van der Waals surface area contributed by atoms with Crippen LogP contribution in [0, 0.1) is 6.92 Å². The van der Waals surface area contributed by atoms with E-state index < -0.39 is 5.91 Å². The molecule has 146 valence electrons. The molecule has 0 radical (unpaired) electrons. The Kier molecular flexibility index (Phi) is 4.55. The van der Waals surface area contributed by atoms with E-state index in [9.17, 15) is 9.59 Å². The fourth-order valence-electron chi connectivity index (χ4n) is 3.41. The number of aromatic nitrogens is 5. The van der Waals surface area contributed by atoms with E-state index in [1.807, 2.05) is 6.92 Å². The van der Waals surface area contributed by atoms with Crippen LogP contribution in [0.25, 0.3) is 11.2 Å². The summed E-state index contributed by atoms with van der Waals surface area (Å²) >= 11 is 0. The molecule has 4 heterocycles. The molecule has 10 nitrogen and oxygen atoms in total. The standard InChI is InChI=1S/C18H21N7O3/c1-10-7-12(15(19)26)20-8-13(10)22-17-21-9-14-16(23-17)25(18(27)24(14)2)11-3-5-28-6-4-11/h7-9,11H,3-6H2,1-2H3,(H2,19,26)(H,21,22,23). The maximum absolute atomic E-state index is 12.8. The molecule has 0 saturated carbocycles. The number of imidazole rings is 1. The van der Waals surface area contributed by atoms with Crippen LogP contribution in [0.4, 0.5) is 11.6 Å². The molecule has 0 aromatic carbocycles. The van der Waals surface area contributed by atoms with E-state index in [1.54, 1.807) is 28.4 Å². The normalized spacial score (nSPS) is 15.1. The van der Waals surface area contributed by atoms with Gasteiger partial charge in [-0.05, 0) is 31.4 Å². The summed E-state index contributed by atoms with van der Waals surface area (Å²) in [6.45, 7) is 3.08. The fourth-order valence-corrected chi connectivity index (χ4v) is 3.41. The average Bonchev–Trinajstić information content (AvgIpc) is 2.94. The lowest BCUT2D eigenvalue weighted by Gasteiger charge is -2.22. The number of amides is 1. The van der Waals surface area contributed by atoms with Gasteiger partial charge in [-0.2, -0.15) is 4.98 Å². The summed E-state index contributed by atoms with van der Waals surface area (Å²) in [4.78, 5) is 37.0. The number of primary amides is 1. The first kappa shape index (κ1) is 18.1. The SMILES string of the molecule is Cc1cc(C(N)=O)ncc1Nc1ncc2c(n1)n(C1CCOCC1)c(=O)n2C. The van der Waals surface area contributed by atoms with E-state index in [2.05, 4.69) is 20.3 Å². The highest BCUT2D eigenvalue weighted by atomic mass is 16.5. The molecule has 1 fully saturated rings. The van der Waals surface area contributed by atoms with Gasteiger partial charge in [-0.25, -0.2) is 14.8 Å². The van der Waals surface area contributed by atoms with Crippen LogP contribution in [0.3, 0.4) is 0 Å². The van der Waals surface area contributed by atoms with Gasteiger partial charge in [-0.15, -0.1) is 0 Å². The Bertz CT molecular complexity index is 1110. The van der Waals surface area contributed by atoms with Crippen molar-refractivity contribution in [2.75, 3.05) is 18.5 Å². The van der Waals surface area contributed by atoms with Gasteiger partial charge >= 0.3 is 5.69 Å². The zero-order valence-electron chi connectivity index (χ0n) is 15.7. The molecule has 28 heavy (non-hydrogen) atoms. The minimum atomic E-state index is -0.586. The van der Waals surface area contributed by atoms with Crippen molar-refractivity contribution >= 4 is 28.7 Å². The van der Waals surface area contributed by atoms with Crippen LogP contribution in [0.5, 0.6) is 0 Å². The molecule has 4 rings (SSSR count). The van der Waals surface area contributed by atoms with Crippen molar-refractivity contribution in [3.63, 3.8) is 0 Å². The number of nitrogens with two attached hydrogens (primary N) is 1. The Morgan fingerprint density at radius 2 is 2.04 bits per heavy atom. The van der Waals surface area contributed by atoms with Gasteiger partial charge in [0.15, 0.2) is 5.65 Å². The lowest BCUT2D eigenvalue weighted by atomic mass is 10.1. The highest BCUT2D eigenvalue weighted by Gasteiger charge is 2.23. The largest absolute Gasteiger partial charge is 0.381 e. The Morgan fingerprint density at radius 1 is 1.29 bits per heavy atom. The van der Waals surface area contributed by atoms with Crippen molar-refractivity contribution in [1.29, 1.82) is 0 Å². The number of fused-ring (bicyclic) bond motifs is 1. The number of pyridine rings is 1. The number of nitrogens with one attached hydrogen (secondary N) is 1. The van der Waals surface area contributed by atoms with Gasteiger partial charge in [-0.1, -0.05) is 0 Å². The Balaban J connectivity index is 1.73. The van der Waals surface area contributed by atoms with Crippen molar-refractivity contribution in [2.45, 2.75) is 25.8 Å². The minimum Gasteiger partial charge on any atom is -0.381 e. The molecule has 1 aliphatic heterocycles. The first-order valence-corrected chi connectivity index (χ1v) is 9.01. The number of hydrogen-bond acceptors (Lipinski definition) is 7. The lowest BCUT2D eigenvalue weighted by molar-refractivity contribution is 0.0695. The second-order valence-corrected chi connectivity index (χ2v) is 6.83. The smallest absolute Gasteiger partial charge is 0.330 e. The maximum Gasteiger partial charge on any atom is 0.330 e. The second-order valence-electron chi connectivity index (χ2n) is 6.83. The topological polar surface area (TPSA) is 130 Å². The molecule has 1 aliphatic rings. The number of ether oxygens (including phenoxy) is 1. The second kappa shape index (κ2) is 7.04. The van der Waals surface area contributed by atoms with Gasteiger partial charge in [0.2, 0.25) is 5.95 Å². The summed E-state index contributed by atoms with van der Waals surface area (Å²) in [5.41, 5.74) is 8.02. The van der Waals surface area contributed by atoms with E-state index in [-0.39, 0.29) is 17.4 Å². The monoisotopic (exact) mass is 383 g/mol. The molecule has 0 spiro atoms. The van der Waals surface area contributed by atoms with Crippen molar-refractivity contribution in [1.82, 2.24) is 24.1 Å². The van der Waals surface area contributed by atoms with Crippen LogP contribution < -0.4 is 16.7 Å². The van der Waals surface area contributed by atoms with E-state index >= 15 is 0 Å². The predicted octanol–water partition coefficient (Wildman–Crippen LogP) is 1.03. The molecule has 0 bridgehead atoms. The first-order valence-electron chi connectivity index (χ1n) is 9.01. The Morgan fingerprint density at radius 3 is 2.71 bits per heavy atom. The summed E-state index contributed by atoms with van der Waals surface area (Å²) < 4.78 is 8.70. The molecular formula is C18H21N7O3. The molecule has 3 N–H and O–H groups in total. The summed E-state index contributed by atoms with van der Waals surface area (Å²) in [7, 11) is 1.72. The Labute approximate surface area is 160 Å². The zero-order chi connectivity index (χ0) is 19.8. The number of aryl methyl sites for hydroxylation is 2. The number of carbonyl (C=O) groups is 1. The van der Waals surface area contributed by atoms with Crippen LogP contribution in [0.15, 0.2) is 23.3 Å². The van der Waals surface area contributed by atoms with Gasteiger partial charge in [-0.3, -0.25) is 13.9 Å². The molecule has 10 heteroatoms. The number of rotatable bonds is 4. The quantitative estimate of drug-likeness (QED) is 0.688. The van der Waals surface area contributed by atoms with Crippen molar-refractivity contribution in [2.24, 2.45) is 12.8 Å². The molecule has 0 atom stereocenters. The van der Waals surface area contributed by atoms with Crippen molar-refractivity contribution in [3.8, 4) is 0 Å². The summed E-state index contributed by atoms with van der Waals surface area (Å²) in [5, 5.41) is 3.10. The molecule has 3 aromatic heterocycles. The van der Waals surface area contributed by atoms with Crippen molar-refractivity contribution < 1.29 is 9.53 Å². The van der Waals surface area contributed by atoms with Gasteiger partial charge < -0.3 is 15.8 Å². The third-order valence-corrected chi connectivity index (χ3v) is 5.00. The average molecular weight is 383 g/mol. The minimum absolute atomic E-state index is 0.0472. The van der Waals surface area contributed by atoms with Crippen LogP contribution in [0.1, 0.15) is 34.9 Å². The van der Waals surface area contributed by atoms with Gasteiger partial charge in [0.25, 0.3) is 5.91 Å². The van der Waals surface area contributed by atoms with Crippen LogP contribution in [-0.2, 0) is 11.8 Å². The number of anilines is 2. The molecular weight excluding hydrogens is 362 g/mol. The Hall–Kier alpha value is -3.27. The molecule has 1 amide bonds. The number of carbonyl (C=O) groups excluding carboxylic acids is 1. The lowest BCUT2D eigenvalue weighted by Crippen LogP contribution is -2.30. The van der Waals surface area contributed by atoms with Gasteiger partial charge in [0.05, 0.1) is 18.1 Å². The van der Waals surface area contributed by atoms with E-state index in [1.165, 1.54) is 6.20 Å². The number of nitrogens with zero attached hydrogens (tertiary/aromatic N) is 5. The van der Waals surface area contributed by atoms with Gasteiger partial charge in [0, 0.05) is 26.3 Å². The van der Waals surface area contributed by atoms with Crippen molar-refractivity contribution in [3.05, 3.63) is 40.2 Å². The zero-order valence-corrected chi connectivity index (χ0v) is 15.7. The highest BCUT2D eigenvalue weighted by Crippen LogP contribution is 2.25. The van der Waals surface area contributed by atoms with Crippen LogP contribution >= 0.6 is 0 Å². The molecule has 0 unspecified atom stereocenters. The summed E-state index contributed by atoms with van der Waals surface area (Å²) in [5.74, 6) is -0.243. The first-order chi connectivity index (χ1) is 13.5. The predicted molar refractivity (Wildman–Crippen MR) is 103 cm³/mol. The summed E-state index contributed by atoms with van der Waals surface area (Å²) in [6.07, 6.45) is 4.68. The molecule has 1 saturated heterocycles. The fraction of sp³-hybridized carbons (Fsp3) is 0.389. The van der Waals surface area contributed by atoms with Crippen LogP contribution in [0.2, 0.25) is 0 Å². The number of hydrogen-bond donors (Lipinski definition) is 2. The third-order valence-electron chi connectivity index (χ3n) is 5.00. The van der Waals surface area contributed by atoms with E-state index in [0.29, 0.717) is 36.0 Å². The maximum atomic E-state index is 12.8. The van der Waals surface area contributed by atoms with E-state index in [0.717, 1.165) is 18.4 Å². The molecule has 3 aromatic rings. The van der Waals surface area contributed by atoms with Crippen LogP contribution in [-0.4, -0.2) is 43.2 Å². The third kappa shape index (κ3) is 3.11.